The summed E-state index contributed by atoms with van der Waals surface area (Å²) in [5.41, 5.74) is 1.87. The van der Waals surface area contributed by atoms with Crippen molar-refractivity contribution in [1.82, 2.24) is 19.5 Å². The van der Waals surface area contributed by atoms with Crippen LogP contribution in [0.2, 0.25) is 0 Å². The third-order valence-corrected chi connectivity index (χ3v) is 4.58. The first kappa shape index (κ1) is 18.4. The highest BCUT2D eigenvalue weighted by Gasteiger charge is 2.22. The van der Waals surface area contributed by atoms with Crippen LogP contribution in [0, 0.1) is 20.2 Å². The SMILES string of the molecule is CCCCn1c(-c2cc([N+](=O)[O-])cc([N+](=O)[O-])c2)nc2nc3ccccc3nc21. The van der Waals surface area contributed by atoms with Gasteiger partial charge in [-0.15, -0.1) is 0 Å². The second-order valence-corrected chi connectivity index (χ2v) is 6.55. The van der Waals surface area contributed by atoms with Gasteiger partial charge in [0, 0.05) is 24.2 Å². The summed E-state index contributed by atoms with van der Waals surface area (Å²) in [5, 5.41) is 22.6. The summed E-state index contributed by atoms with van der Waals surface area (Å²) in [6.45, 7) is 2.60. The molecule has 4 aromatic rings. The van der Waals surface area contributed by atoms with Gasteiger partial charge in [-0.1, -0.05) is 25.5 Å². The summed E-state index contributed by atoms with van der Waals surface area (Å²) in [6, 6.07) is 10.9. The minimum absolute atomic E-state index is 0.283. The molecular weight excluding hydrogens is 376 g/mol. The van der Waals surface area contributed by atoms with Gasteiger partial charge in [0.2, 0.25) is 0 Å². The summed E-state index contributed by atoms with van der Waals surface area (Å²) < 4.78 is 1.82. The van der Waals surface area contributed by atoms with Crippen LogP contribution in [0.15, 0.2) is 42.5 Å². The molecule has 10 nitrogen and oxygen atoms in total. The van der Waals surface area contributed by atoms with Crippen molar-refractivity contribution in [2.75, 3.05) is 0 Å². The number of hydrogen-bond acceptors (Lipinski definition) is 7. The Bertz CT molecular complexity index is 1230. The van der Waals surface area contributed by atoms with Gasteiger partial charge in [0.05, 0.1) is 26.9 Å². The van der Waals surface area contributed by atoms with Crippen LogP contribution in [-0.4, -0.2) is 29.4 Å². The lowest BCUT2D eigenvalue weighted by molar-refractivity contribution is -0.394. The minimum Gasteiger partial charge on any atom is -0.307 e. The van der Waals surface area contributed by atoms with Gasteiger partial charge in [-0.25, -0.2) is 15.0 Å². The highest BCUT2D eigenvalue weighted by molar-refractivity contribution is 5.85. The largest absolute Gasteiger partial charge is 0.307 e. The average Bonchev–Trinajstić information content (AvgIpc) is 3.07. The first-order chi connectivity index (χ1) is 14.0. The molecule has 0 fully saturated rings. The van der Waals surface area contributed by atoms with Crippen LogP contribution in [-0.2, 0) is 6.54 Å². The molecule has 0 atom stereocenters. The van der Waals surface area contributed by atoms with E-state index in [1.807, 2.05) is 35.8 Å². The minimum atomic E-state index is -0.652. The van der Waals surface area contributed by atoms with Crippen LogP contribution in [0.25, 0.3) is 33.7 Å². The monoisotopic (exact) mass is 392 g/mol. The maximum atomic E-state index is 11.3. The second kappa shape index (κ2) is 7.23. The van der Waals surface area contributed by atoms with Gasteiger partial charge in [-0.3, -0.25) is 20.2 Å². The van der Waals surface area contributed by atoms with Crippen LogP contribution in [0.3, 0.4) is 0 Å². The van der Waals surface area contributed by atoms with Crippen LogP contribution in [0.5, 0.6) is 0 Å². The number of imidazole rings is 1. The van der Waals surface area contributed by atoms with E-state index in [0.717, 1.165) is 18.9 Å². The third-order valence-electron chi connectivity index (χ3n) is 4.58. The molecule has 0 aliphatic rings. The Hall–Kier alpha value is -3.95. The van der Waals surface area contributed by atoms with Crippen LogP contribution < -0.4 is 0 Å². The zero-order chi connectivity index (χ0) is 20.5. The predicted molar refractivity (Wildman–Crippen MR) is 106 cm³/mol. The topological polar surface area (TPSA) is 130 Å². The molecule has 10 heteroatoms. The highest BCUT2D eigenvalue weighted by Crippen LogP contribution is 2.31. The Labute approximate surface area is 164 Å². The van der Waals surface area contributed by atoms with Crippen molar-refractivity contribution in [3.63, 3.8) is 0 Å². The van der Waals surface area contributed by atoms with Crippen LogP contribution in [0.4, 0.5) is 11.4 Å². The lowest BCUT2D eigenvalue weighted by atomic mass is 10.1. The lowest BCUT2D eigenvalue weighted by Gasteiger charge is -2.08. The van der Waals surface area contributed by atoms with Crippen molar-refractivity contribution in [1.29, 1.82) is 0 Å². The van der Waals surface area contributed by atoms with E-state index in [0.29, 0.717) is 34.7 Å². The summed E-state index contributed by atoms with van der Waals surface area (Å²) in [6.07, 6.45) is 1.74. The molecule has 0 saturated heterocycles. The summed E-state index contributed by atoms with van der Waals surface area (Å²) >= 11 is 0. The van der Waals surface area contributed by atoms with E-state index in [2.05, 4.69) is 15.0 Å². The van der Waals surface area contributed by atoms with Crippen LogP contribution in [0.1, 0.15) is 19.8 Å². The maximum absolute atomic E-state index is 11.3. The number of non-ortho nitro benzene ring substituents is 2. The highest BCUT2D eigenvalue weighted by atomic mass is 16.6. The maximum Gasteiger partial charge on any atom is 0.277 e. The number of nitrogens with zero attached hydrogens (tertiary/aromatic N) is 6. The number of unbranched alkanes of at least 4 members (excludes halogenated alkanes) is 1. The molecule has 0 spiro atoms. The normalized spacial score (nSPS) is 11.2. The number of para-hydroxylation sites is 2. The quantitative estimate of drug-likeness (QED) is 0.354. The first-order valence-electron chi connectivity index (χ1n) is 9.05. The van der Waals surface area contributed by atoms with Crippen molar-refractivity contribution in [3.05, 3.63) is 62.7 Å². The van der Waals surface area contributed by atoms with E-state index in [1.165, 1.54) is 12.1 Å². The molecule has 2 aromatic carbocycles. The molecule has 0 saturated carbocycles. The smallest absolute Gasteiger partial charge is 0.277 e. The summed E-state index contributed by atoms with van der Waals surface area (Å²) in [5.74, 6) is 0.371. The standard InChI is InChI=1S/C19H16N6O4/c1-2-3-8-23-18(12-9-13(24(26)27)11-14(10-12)25(28)29)22-17-19(23)21-16-7-5-4-6-15(16)20-17/h4-7,9-11H,2-3,8H2,1H3. The Morgan fingerprint density at radius 2 is 1.55 bits per heavy atom. The fourth-order valence-corrected chi connectivity index (χ4v) is 3.18. The molecule has 2 heterocycles. The van der Waals surface area contributed by atoms with E-state index in [9.17, 15) is 20.2 Å². The fraction of sp³-hybridized carbons (Fsp3) is 0.211. The number of fused-ring (bicyclic) bond motifs is 2. The van der Waals surface area contributed by atoms with E-state index in [-0.39, 0.29) is 16.9 Å². The Balaban J connectivity index is 2.00. The van der Waals surface area contributed by atoms with Gasteiger partial charge in [-0.05, 0) is 18.6 Å². The van der Waals surface area contributed by atoms with Gasteiger partial charge in [0.25, 0.3) is 11.4 Å². The number of nitro groups is 2. The van der Waals surface area contributed by atoms with Crippen molar-refractivity contribution in [3.8, 4) is 11.4 Å². The van der Waals surface area contributed by atoms with Crippen molar-refractivity contribution >= 4 is 33.7 Å². The molecule has 0 N–H and O–H groups in total. The Kier molecular flexibility index (Phi) is 4.59. The van der Waals surface area contributed by atoms with E-state index in [4.69, 9.17) is 0 Å². The molecule has 29 heavy (non-hydrogen) atoms. The molecule has 146 valence electrons. The molecule has 0 aliphatic carbocycles. The second-order valence-electron chi connectivity index (χ2n) is 6.55. The third kappa shape index (κ3) is 3.35. The number of hydrogen-bond donors (Lipinski definition) is 0. The molecule has 0 aliphatic heterocycles. The van der Waals surface area contributed by atoms with Gasteiger partial charge in [0.1, 0.15) is 5.82 Å². The summed E-state index contributed by atoms with van der Waals surface area (Å²) in [4.78, 5) is 35.0. The van der Waals surface area contributed by atoms with Crippen molar-refractivity contribution < 1.29 is 9.85 Å². The van der Waals surface area contributed by atoms with E-state index >= 15 is 0 Å². The lowest BCUT2D eigenvalue weighted by Crippen LogP contribution is -2.03. The van der Waals surface area contributed by atoms with Gasteiger partial charge in [-0.2, -0.15) is 0 Å². The average molecular weight is 392 g/mol. The Morgan fingerprint density at radius 3 is 2.14 bits per heavy atom. The number of benzene rings is 2. The zero-order valence-corrected chi connectivity index (χ0v) is 15.5. The number of nitro benzene ring substituents is 2. The van der Waals surface area contributed by atoms with Gasteiger partial charge >= 0.3 is 0 Å². The predicted octanol–water partition coefficient (Wildman–Crippen LogP) is 4.26. The molecule has 4 rings (SSSR count). The summed E-state index contributed by atoms with van der Waals surface area (Å²) in [7, 11) is 0. The Morgan fingerprint density at radius 1 is 0.931 bits per heavy atom. The van der Waals surface area contributed by atoms with E-state index in [1.54, 1.807) is 0 Å². The molecule has 0 unspecified atom stereocenters. The zero-order valence-electron chi connectivity index (χ0n) is 15.5. The van der Waals surface area contributed by atoms with Gasteiger partial charge in [0.15, 0.2) is 11.3 Å². The first-order valence-corrected chi connectivity index (χ1v) is 9.05. The fourth-order valence-electron chi connectivity index (χ4n) is 3.18. The van der Waals surface area contributed by atoms with Crippen LogP contribution >= 0.6 is 0 Å². The van der Waals surface area contributed by atoms with Gasteiger partial charge < -0.3 is 4.57 Å². The molecule has 0 radical (unpaired) electrons. The van der Waals surface area contributed by atoms with Crippen molar-refractivity contribution in [2.24, 2.45) is 0 Å². The molecular formula is C19H16N6O4. The van der Waals surface area contributed by atoms with Crippen molar-refractivity contribution in [2.45, 2.75) is 26.3 Å². The number of aryl methyl sites for hydroxylation is 1. The number of aromatic nitrogens is 4. The molecule has 0 bridgehead atoms. The van der Waals surface area contributed by atoms with E-state index < -0.39 is 9.85 Å². The number of rotatable bonds is 6. The molecule has 0 amide bonds. The molecule has 2 aromatic heterocycles.